The van der Waals surface area contributed by atoms with Crippen LogP contribution in [0.4, 0.5) is 0 Å². The third-order valence-corrected chi connectivity index (χ3v) is 5.07. The monoisotopic (exact) mass is 340 g/mol. The Morgan fingerprint density at radius 1 is 1.12 bits per heavy atom. The van der Waals surface area contributed by atoms with Crippen LogP contribution in [0, 0.1) is 11.3 Å². The van der Waals surface area contributed by atoms with E-state index in [1.54, 1.807) is 19.5 Å². The van der Waals surface area contributed by atoms with E-state index in [1.165, 1.54) is 12.0 Å². The zero-order valence-electron chi connectivity index (χ0n) is 15.7. The molecule has 1 fully saturated rings. The maximum absolute atomic E-state index is 5.91. The summed E-state index contributed by atoms with van der Waals surface area (Å²) in [6.45, 7) is 7.28. The molecule has 0 N–H and O–H groups in total. The molecule has 3 rings (SSSR count). The first-order valence-electron chi connectivity index (χ1n) is 8.85. The molecule has 0 spiro atoms. The van der Waals surface area contributed by atoms with Gasteiger partial charge in [0, 0.05) is 25.5 Å². The van der Waals surface area contributed by atoms with Gasteiger partial charge in [-0.05, 0) is 60.2 Å². The topological polar surface area (TPSA) is 34.6 Å². The predicted octanol–water partition coefficient (Wildman–Crippen LogP) is 4.15. The molecule has 25 heavy (non-hydrogen) atoms. The summed E-state index contributed by atoms with van der Waals surface area (Å²) >= 11 is 0. The summed E-state index contributed by atoms with van der Waals surface area (Å²) in [5.74, 6) is 2.38. The van der Waals surface area contributed by atoms with Crippen LogP contribution in [0.2, 0.25) is 0 Å². The van der Waals surface area contributed by atoms with Crippen LogP contribution in [0.25, 0.3) is 0 Å². The molecule has 1 unspecified atom stereocenters. The first-order valence-corrected chi connectivity index (χ1v) is 8.85. The van der Waals surface area contributed by atoms with Gasteiger partial charge in [-0.25, -0.2) is 0 Å². The second-order valence-electron chi connectivity index (χ2n) is 7.72. The molecular formula is C21H28N2O2. The minimum Gasteiger partial charge on any atom is -0.493 e. The Morgan fingerprint density at radius 2 is 1.84 bits per heavy atom. The molecule has 1 aliphatic rings. The summed E-state index contributed by atoms with van der Waals surface area (Å²) in [6, 6.07) is 10.1. The summed E-state index contributed by atoms with van der Waals surface area (Å²) in [5.41, 5.74) is 2.86. The van der Waals surface area contributed by atoms with E-state index in [4.69, 9.17) is 9.47 Å². The van der Waals surface area contributed by atoms with Crippen molar-refractivity contribution >= 4 is 0 Å². The fourth-order valence-corrected chi connectivity index (χ4v) is 3.21. The van der Waals surface area contributed by atoms with Gasteiger partial charge < -0.3 is 14.4 Å². The van der Waals surface area contributed by atoms with Crippen molar-refractivity contribution in [2.24, 2.45) is 11.3 Å². The first-order chi connectivity index (χ1) is 12.0. The molecule has 0 saturated heterocycles. The highest BCUT2D eigenvalue weighted by Gasteiger charge is 2.45. The minimum absolute atomic E-state index is 0.509. The van der Waals surface area contributed by atoms with E-state index in [0.717, 1.165) is 36.1 Å². The number of nitrogens with zero attached hydrogens (tertiary/aromatic N) is 2. The molecular weight excluding hydrogens is 312 g/mol. The van der Waals surface area contributed by atoms with Crippen molar-refractivity contribution in [1.29, 1.82) is 0 Å². The van der Waals surface area contributed by atoms with Crippen LogP contribution in [0.3, 0.4) is 0 Å². The van der Waals surface area contributed by atoms with E-state index in [0.29, 0.717) is 12.0 Å². The van der Waals surface area contributed by atoms with Crippen LogP contribution in [0.5, 0.6) is 11.5 Å². The molecule has 0 radical (unpaired) electrons. The predicted molar refractivity (Wildman–Crippen MR) is 99.8 cm³/mol. The Labute approximate surface area is 150 Å². The summed E-state index contributed by atoms with van der Waals surface area (Å²) in [4.78, 5) is 6.42. The fraction of sp³-hybridized carbons (Fsp3) is 0.476. The molecule has 1 aromatic heterocycles. The second kappa shape index (κ2) is 7.44. The van der Waals surface area contributed by atoms with Gasteiger partial charge >= 0.3 is 0 Å². The molecule has 1 aromatic carbocycles. The molecule has 4 nitrogen and oxygen atoms in total. The van der Waals surface area contributed by atoms with Crippen molar-refractivity contribution in [2.45, 2.75) is 33.4 Å². The number of hydrogen-bond donors (Lipinski definition) is 0. The van der Waals surface area contributed by atoms with Crippen molar-refractivity contribution in [3.8, 4) is 11.5 Å². The zero-order valence-corrected chi connectivity index (χ0v) is 15.7. The van der Waals surface area contributed by atoms with Crippen molar-refractivity contribution in [2.75, 3.05) is 20.7 Å². The SMILES string of the molecule is COc1cc(CN(C)CC2CC2(C)C)ccc1OCc1ccncc1. The molecule has 1 atom stereocenters. The van der Waals surface area contributed by atoms with Gasteiger partial charge in [0.1, 0.15) is 6.61 Å². The number of pyridine rings is 1. The number of rotatable bonds is 8. The number of benzene rings is 1. The molecule has 134 valence electrons. The molecule has 0 amide bonds. The Bertz CT molecular complexity index is 700. The van der Waals surface area contributed by atoms with Crippen LogP contribution in [-0.2, 0) is 13.2 Å². The van der Waals surface area contributed by atoms with Gasteiger partial charge in [-0.1, -0.05) is 19.9 Å². The van der Waals surface area contributed by atoms with Gasteiger partial charge in [0.2, 0.25) is 0 Å². The van der Waals surface area contributed by atoms with Gasteiger partial charge in [0.15, 0.2) is 11.5 Å². The molecule has 1 saturated carbocycles. The molecule has 0 aliphatic heterocycles. The maximum atomic E-state index is 5.91. The van der Waals surface area contributed by atoms with E-state index in [2.05, 4.69) is 42.9 Å². The van der Waals surface area contributed by atoms with Crippen LogP contribution in [0.15, 0.2) is 42.7 Å². The van der Waals surface area contributed by atoms with Crippen LogP contribution >= 0.6 is 0 Å². The lowest BCUT2D eigenvalue weighted by Gasteiger charge is -2.19. The van der Waals surface area contributed by atoms with Crippen molar-refractivity contribution < 1.29 is 9.47 Å². The van der Waals surface area contributed by atoms with Gasteiger partial charge in [-0.3, -0.25) is 4.98 Å². The standard InChI is InChI=1S/C21H28N2O2/c1-21(2)12-18(21)14-23(3)13-17-5-6-19(20(11-17)24-4)25-15-16-7-9-22-10-8-16/h5-11,18H,12-15H2,1-4H3. The van der Waals surface area contributed by atoms with Gasteiger partial charge in [-0.15, -0.1) is 0 Å². The third kappa shape index (κ3) is 4.73. The number of hydrogen-bond acceptors (Lipinski definition) is 4. The van der Waals surface area contributed by atoms with E-state index in [-0.39, 0.29) is 0 Å². The second-order valence-corrected chi connectivity index (χ2v) is 7.72. The van der Waals surface area contributed by atoms with E-state index >= 15 is 0 Å². The lowest BCUT2D eigenvalue weighted by molar-refractivity contribution is 0.281. The molecule has 1 aliphatic carbocycles. The summed E-state index contributed by atoms with van der Waals surface area (Å²) in [7, 11) is 3.88. The molecule has 1 heterocycles. The van der Waals surface area contributed by atoms with E-state index in [9.17, 15) is 0 Å². The summed E-state index contributed by atoms with van der Waals surface area (Å²) in [6.07, 6.45) is 4.88. The normalized spacial score (nSPS) is 18.2. The highest BCUT2D eigenvalue weighted by atomic mass is 16.5. The summed E-state index contributed by atoms with van der Waals surface area (Å²) < 4.78 is 11.4. The molecule has 4 heteroatoms. The van der Waals surface area contributed by atoms with E-state index < -0.39 is 0 Å². The average Bonchev–Trinajstić information content (AvgIpc) is 3.20. The Kier molecular flexibility index (Phi) is 5.28. The molecule has 0 bridgehead atoms. The number of aromatic nitrogens is 1. The first kappa shape index (κ1) is 17.7. The summed E-state index contributed by atoms with van der Waals surface area (Å²) in [5, 5.41) is 0. The van der Waals surface area contributed by atoms with Gasteiger partial charge in [0.25, 0.3) is 0 Å². The molecule has 2 aromatic rings. The quantitative estimate of drug-likeness (QED) is 0.723. The Balaban J connectivity index is 1.59. The lowest BCUT2D eigenvalue weighted by atomic mass is 10.1. The Hall–Kier alpha value is -2.07. The van der Waals surface area contributed by atoms with Crippen molar-refractivity contribution in [3.63, 3.8) is 0 Å². The van der Waals surface area contributed by atoms with E-state index in [1.807, 2.05) is 18.2 Å². The average molecular weight is 340 g/mol. The van der Waals surface area contributed by atoms with Crippen LogP contribution in [-0.4, -0.2) is 30.6 Å². The lowest BCUT2D eigenvalue weighted by Crippen LogP contribution is -2.21. The smallest absolute Gasteiger partial charge is 0.161 e. The fourth-order valence-electron chi connectivity index (χ4n) is 3.21. The van der Waals surface area contributed by atoms with Crippen LogP contribution < -0.4 is 9.47 Å². The van der Waals surface area contributed by atoms with Crippen LogP contribution in [0.1, 0.15) is 31.4 Å². The highest BCUT2D eigenvalue weighted by Crippen LogP contribution is 2.51. The van der Waals surface area contributed by atoms with Crippen molar-refractivity contribution in [3.05, 3.63) is 53.9 Å². The zero-order chi connectivity index (χ0) is 17.9. The van der Waals surface area contributed by atoms with Crippen molar-refractivity contribution in [1.82, 2.24) is 9.88 Å². The Morgan fingerprint density at radius 3 is 2.48 bits per heavy atom. The number of ether oxygens (including phenoxy) is 2. The largest absolute Gasteiger partial charge is 0.493 e. The minimum atomic E-state index is 0.509. The highest BCUT2D eigenvalue weighted by molar-refractivity contribution is 5.43. The maximum Gasteiger partial charge on any atom is 0.161 e. The van der Waals surface area contributed by atoms with Gasteiger partial charge in [-0.2, -0.15) is 0 Å². The van der Waals surface area contributed by atoms with Gasteiger partial charge in [0.05, 0.1) is 7.11 Å². The number of methoxy groups -OCH3 is 1. The third-order valence-electron chi connectivity index (χ3n) is 5.07.